The fourth-order valence-corrected chi connectivity index (χ4v) is 3.39. The number of carbonyl (C=O) groups is 1. The molecule has 0 radical (unpaired) electrons. The highest BCUT2D eigenvalue weighted by atomic mass is 19.1. The van der Waals surface area contributed by atoms with Crippen LogP contribution in [0.1, 0.15) is 24.0 Å². The van der Waals surface area contributed by atoms with Gasteiger partial charge in [-0.3, -0.25) is 0 Å². The topological polar surface area (TPSA) is 91.8 Å². The molecule has 0 amide bonds. The quantitative estimate of drug-likeness (QED) is 0.553. The summed E-state index contributed by atoms with van der Waals surface area (Å²) in [6.45, 7) is 1.75. The van der Waals surface area contributed by atoms with Crippen molar-refractivity contribution in [1.82, 2.24) is 0 Å². The highest BCUT2D eigenvalue weighted by Gasteiger charge is 2.39. The molecule has 1 aromatic heterocycles. The van der Waals surface area contributed by atoms with Crippen LogP contribution in [0.3, 0.4) is 0 Å². The number of carbonyl (C=O) groups excluding carboxylic acids is 1. The minimum Gasteiger partial charge on any atom is -0.462 e. The number of benzene rings is 2. The van der Waals surface area contributed by atoms with E-state index in [-0.39, 0.29) is 29.4 Å². The van der Waals surface area contributed by atoms with Crippen molar-refractivity contribution < 1.29 is 23.1 Å². The molecular weight excluding hydrogens is 365 g/mol. The van der Waals surface area contributed by atoms with Crippen molar-refractivity contribution in [2.75, 3.05) is 6.61 Å². The predicted octanol–water partition coefficient (Wildman–Crippen LogP) is 3.19. The Kier molecular flexibility index (Phi) is 4.35. The highest BCUT2D eigenvalue weighted by Crippen LogP contribution is 2.44. The number of hydrogen-bond donors (Lipinski definition) is 1. The van der Waals surface area contributed by atoms with E-state index in [4.69, 9.17) is 19.6 Å². The van der Waals surface area contributed by atoms with Crippen LogP contribution < -0.4 is 16.1 Å². The third-order valence-electron chi connectivity index (χ3n) is 4.53. The molecule has 0 unspecified atom stereocenters. The summed E-state index contributed by atoms with van der Waals surface area (Å²) in [5.74, 6) is -2.26. The summed E-state index contributed by atoms with van der Waals surface area (Å²) in [4.78, 5) is 25.4. The molecule has 2 aromatic carbocycles. The number of hydrogen-bond acceptors (Lipinski definition) is 6. The van der Waals surface area contributed by atoms with Gasteiger partial charge in [0.05, 0.1) is 23.5 Å². The van der Waals surface area contributed by atoms with Crippen LogP contribution >= 0.6 is 0 Å². The molecule has 0 spiro atoms. The molecule has 0 aliphatic carbocycles. The van der Waals surface area contributed by atoms with Crippen LogP contribution in [0, 0.1) is 5.82 Å². The predicted molar refractivity (Wildman–Crippen MR) is 99.2 cm³/mol. The summed E-state index contributed by atoms with van der Waals surface area (Å²) in [7, 11) is 0. The Morgan fingerprint density at radius 3 is 2.75 bits per heavy atom. The highest BCUT2D eigenvalue weighted by molar-refractivity contribution is 5.94. The number of halogens is 1. The van der Waals surface area contributed by atoms with Gasteiger partial charge in [0.25, 0.3) is 0 Å². The molecular formula is C21H16FNO5. The molecule has 1 atom stereocenters. The third-order valence-corrected chi connectivity index (χ3v) is 4.53. The van der Waals surface area contributed by atoms with E-state index in [2.05, 4.69) is 0 Å². The van der Waals surface area contributed by atoms with Gasteiger partial charge in [0, 0.05) is 0 Å². The zero-order valence-electron chi connectivity index (χ0n) is 14.9. The van der Waals surface area contributed by atoms with Crippen molar-refractivity contribution in [1.29, 1.82) is 0 Å². The lowest BCUT2D eigenvalue weighted by molar-refractivity contribution is -0.139. The smallest absolute Gasteiger partial charge is 0.344 e. The third kappa shape index (κ3) is 2.81. The van der Waals surface area contributed by atoms with Gasteiger partial charge in [-0.05, 0) is 36.8 Å². The van der Waals surface area contributed by atoms with Crippen LogP contribution in [0.2, 0.25) is 0 Å². The molecule has 0 saturated carbocycles. The van der Waals surface area contributed by atoms with Gasteiger partial charge >= 0.3 is 11.6 Å². The van der Waals surface area contributed by atoms with Gasteiger partial charge in [-0.25, -0.2) is 14.0 Å². The van der Waals surface area contributed by atoms with E-state index in [1.165, 1.54) is 18.2 Å². The standard InChI is InChI=1S/C21H16FNO5/c1-2-26-20(24)17-15(11-6-5-7-12(22)10-11)16-18(28-19(17)23)13-8-3-4-9-14(13)27-21(16)25/h3-10,15H,2,23H2,1H3/t15-/m1/s1. The van der Waals surface area contributed by atoms with E-state index in [0.29, 0.717) is 16.5 Å². The van der Waals surface area contributed by atoms with Crippen molar-refractivity contribution in [2.45, 2.75) is 12.8 Å². The molecule has 142 valence electrons. The minimum atomic E-state index is -0.987. The summed E-state index contributed by atoms with van der Waals surface area (Å²) in [5.41, 5.74) is 6.04. The van der Waals surface area contributed by atoms with Crippen molar-refractivity contribution in [3.05, 3.63) is 87.4 Å². The fraction of sp³-hybridized carbons (Fsp3) is 0.143. The summed E-state index contributed by atoms with van der Waals surface area (Å²) in [5, 5.41) is 0.518. The van der Waals surface area contributed by atoms with Gasteiger partial charge in [-0.2, -0.15) is 0 Å². The Morgan fingerprint density at radius 1 is 1.21 bits per heavy atom. The van der Waals surface area contributed by atoms with Crippen molar-refractivity contribution in [3.8, 4) is 5.75 Å². The lowest BCUT2D eigenvalue weighted by atomic mass is 9.83. The van der Waals surface area contributed by atoms with E-state index in [9.17, 15) is 14.0 Å². The van der Waals surface area contributed by atoms with Crippen molar-refractivity contribution >= 4 is 16.9 Å². The molecule has 0 bridgehead atoms. The molecule has 2 heterocycles. The van der Waals surface area contributed by atoms with Gasteiger partial charge in [-0.15, -0.1) is 0 Å². The van der Waals surface area contributed by atoms with Crippen LogP contribution in [0.4, 0.5) is 4.39 Å². The first kappa shape index (κ1) is 17.8. The van der Waals surface area contributed by atoms with Crippen LogP contribution in [-0.4, -0.2) is 12.6 Å². The fourth-order valence-electron chi connectivity index (χ4n) is 3.39. The Labute approximate surface area is 159 Å². The number of fused-ring (bicyclic) bond motifs is 3. The molecule has 0 fully saturated rings. The zero-order valence-corrected chi connectivity index (χ0v) is 14.9. The molecule has 1 aliphatic heterocycles. The van der Waals surface area contributed by atoms with E-state index in [0.717, 1.165) is 0 Å². The van der Waals surface area contributed by atoms with E-state index in [1.807, 2.05) is 0 Å². The number of ether oxygens (including phenoxy) is 2. The number of esters is 1. The Morgan fingerprint density at radius 2 is 2.00 bits per heavy atom. The van der Waals surface area contributed by atoms with Crippen molar-refractivity contribution in [3.63, 3.8) is 0 Å². The summed E-state index contributed by atoms with van der Waals surface area (Å²) >= 11 is 0. The maximum Gasteiger partial charge on any atom is 0.344 e. The molecule has 28 heavy (non-hydrogen) atoms. The summed E-state index contributed by atoms with van der Waals surface area (Å²) in [6, 6.07) is 12.4. The van der Waals surface area contributed by atoms with E-state index >= 15 is 0 Å². The molecule has 4 rings (SSSR count). The zero-order chi connectivity index (χ0) is 19.8. The van der Waals surface area contributed by atoms with Crippen LogP contribution in [0.5, 0.6) is 5.75 Å². The van der Waals surface area contributed by atoms with Gasteiger partial charge in [0.1, 0.15) is 17.0 Å². The molecule has 2 N–H and O–H groups in total. The first-order valence-electron chi connectivity index (χ1n) is 8.67. The second-order valence-electron chi connectivity index (χ2n) is 6.22. The van der Waals surface area contributed by atoms with E-state index in [1.54, 1.807) is 37.3 Å². The molecule has 3 aromatic rings. The van der Waals surface area contributed by atoms with Crippen LogP contribution in [-0.2, 0) is 9.53 Å². The Bertz CT molecular complexity index is 1180. The summed E-state index contributed by atoms with van der Waals surface area (Å²) < 4.78 is 30.1. The number of para-hydroxylation sites is 1. The normalized spacial score (nSPS) is 15.9. The lowest BCUT2D eigenvalue weighted by Gasteiger charge is -2.28. The second-order valence-corrected chi connectivity index (χ2v) is 6.22. The second kappa shape index (κ2) is 6.84. The number of rotatable bonds is 3. The molecule has 0 saturated heterocycles. The monoisotopic (exact) mass is 381 g/mol. The Balaban J connectivity index is 2.05. The van der Waals surface area contributed by atoms with Gasteiger partial charge in [-0.1, -0.05) is 24.3 Å². The first-order chi connectivity index (χ1) is 13.5. The van der Waals surface area contributed by atoms with E-state index < -0.39 is 23.3 Å². The lowest BCUT2D eigenvalue weighted by Crippen LogP contribution is -2.31. The number of nitrogens with two attached hydrogens (primary N) is 1. The average Bonchev–Trinajstić information content (AvgIpc) is 2.67. The molecule has 7 heteroatoms. The summed E-state index contributed by atoms with van der Waals surface area (Å²) in [6.07, 6.45) is 0. The van der Waals surface area contributed by atoms with Gasteiger partial charge in [0.2, 0.25) is 5.88 Å². The van der Waals surface area contributed by atoms with Gasteiger partial charge < -0.3 is 19.6 Å². The molecule has 1 aliphatic rings. The largest absolute Gasteiger partial charge is 0.462 e. The van der Waals surface area contributed by atoms with Crippen LogP contribution in [0.15, 0.2) is 69.2 Å². The minimum absolute atomic E-state index is 0.0671. The van der Waals surface area contributed by atoms with Crippen LogP contribution in [0.25, 0.3) is 11.0 Å². The SMILES string of the molecule is CCOC(=O)C1=C(N)Oc2c(c(=O)oc3ccccc23)[C@H]1c1cccc(F)c1. The van der Waals surface area contributed by atoms with Gasteiger partial charge in [0.15, 0.2) is 5.75 Å². The maximum absolute atomic E-state index is 13.9. The maximum atomic E-state index is 13.9. The first-order valence-corrected chi connectivity index (χ1v) is 8.67. The molecule has 6 nitrogen and oxygen atoms in total. The Hall–Kier alpha value is -3.61. The average molecular weight is 381 g/mol. The van der Waals surface area contributed by atoms with Crippen molar-refractivity contribution in [2.24, 2.45) is 5.73 Å².